The van der Waals surface area contributed by atoms with Crippen molar-refractivity contribution in [1.29, 1.82) is 0 Å². The second kappa shape index (κ2) is 29.8. The molecule has 139 heavy (non-hydrogen) atoms. The number of hydrogen-bond donors (Lipinski definition) is 16. The number of nitrogens with two attached hydrogens (primary N) is 1. The first kappa shape index (κ1) is 92.1. The van der Waals surface area contributed by atoms with Gasteiger partial charge >= 0.3 is 0 Å². The molecular weight excluding hydrogens is 1820 g/mol. The van der Waals surface area contributed by atoms with Crippen LogP contribution in [-0.4, -0.2) is 323 Å². The highest BCUT2D eigenvalue weighted by atomic mass is 32.3. The lowest BCUT2D eigenvalue weighted by Crippen LogP contribution is -2.80. The molecule has 6 aromatic carbocycles. The Hall–Kier alpha value is -10.7. The minimum Gasteiger partial charge on any atom is -0.759 e. The third kappa shape index (κ3) is 11.0. The van der Waals surface area contributed by atoms with Crippen LogP contribution in [-0.2, 0) is 110 Å². The second-order valence-electron chi connectivity index (χ2n) is 42.8. The van der Waals surface area contributed by atoms with Gasteiger partial charge in [-0.1, -0.05) is 36.4 Å². The highest BCUT2D eigenvalue weighted by Gasteiger charge is 2.81. The maximum atomic E-state index is 12.6. The lowest BCUT2D eigenvalue weighted by atomic mass is 9.46. The van der Waals surface area contributed by atoms with E-state index in [1.54, 1.807) is 54.6 Å². The summed E-state index contributed by atoms with van der Waals surface area (Å²) in [5.41, 5.74) is 5.18. The quantitative estimate of drug-likeness (QED) is 0.0561. The van der Waals surface area contributed by atoms with Gasteiger partial charge < -0.3 is 135 Å². The molecule has 27 atom stereocenters. The maximum absolute atomic E-state index is 12.6. The van der Waals surface area contributed by atoms with Crippen molar-refractivity contribution in [2.24, 2.45) is 11.7 Å². The molecule has 11 aliphatic heterocycles. The summed E-state index contributed by atoms with van der Waals surface area (Å²) in [6.07, 6.45) is 11.2. The number of aliphatic hydroxyl groups excluding tert-OH is 2. The number of ketones is 6. The number of likely N-dealkylation sites (tertiary alicyclic amines) is 4. The number of ether oxygens (including phenoxy) is 6. The van der Waals surface area contributed by atoms with E-state index in [9.17, 15) is 100 Å². The first-order valence-electron chi connectivity index (χ1n) is 47.4. The summed E-state index contributed by atoms with van der Waals surface area (Å²) in [7, 11) is 2.77. The van der Waals surface area contributed by atoms with Gasteiger partial charge in [0.2, 0.25) is 0 Å². The number of hydrogen-bond acceptors (Lipinski definition) is 36. The number of nitrogens with zero attached hydrogens (tertiary/aromatic N) is 4. The lowest BCUT2D eigenvalue weighted by Gasteiger charge is -2.63. The van der Waals surface area contributed by atoms with Crippen LogP contribution in [0.1, 0.15) is 137 Å². The zero-order chi connectivity index (χ0) is 97.0. The number of piperidine rings is 5. The van der Waals surface area contributed by atoms with Gasteiger partial charge in [0, 0.05) is 113 Å². The van der Waals surface area contributed by atoms with Crippen LogP contribution in [0.2, 0.25) is 0 Å². The van der Waals surface area contributed by atoms with Crippen LogP contribution in [0, 0.1) is 13.3 Å². The minimum atomic E-state index is -5.17. The Morgan fingerprint density at radius 2 is 0.683 bits per heavy atom. The molecule has 24 aliphatic rings. The van der Waals surface area contributed by atoms with Crippen molar-refractivity contribution in [2.75, 3.05) is 60.9 Å². The number of phenols is 6. The fraction of sp³-hybridized carbons (Fsp3) is 0.520. The van der Waals surface area contributed by atoms with E-state index >= 15 is 0 Å². The van der Waals surface area contributed by atoms with Crippen LogP contribution in [0.4, 0.5) is 0 Å². The molecular formula is C102H109N6O30S-. The molecule has 0 radical (unpaired) electrons. The molecule has 6 aromatic rings. The van der Waals surface area contributed by atoms with Crippen molar-refractivity contribution in [1.82, 2.24) is 24.9 Å². The summed E-state index contributed by atoms with van der Waals surface area (Å²) in [5.74, 6) is 1.50. The average molecular weight is 1930 g/mol. The Labute approximate surface area is 797 Å². The van der Waals surface area contributed by atoms with E-state index in [4.69, 9.17) is 51.7 Å². The van der Waals surface area contributed by atoms with Gasteiger partial charge in [-0.25, -0.2) is 0 Å². The third-order valence-corrected chi connectivity index (χ3v) is 37.7. The highest BCUT2D eigenvalue weighted by molar-refractivity contribution is 7.79. The van der Waals surface area contributed by atoms with Crippen molar-refractivity contribution >= 4 is 45.1 Å². The molecule has 734 valence electrons. The van der Waals surface area contributed by atoms with Gasteiger partial charge in [0.05, 0.1) is 50.3 Å². The van der Waals surface area contributed by atoms with Crippen LogP contribution in [0.25, 0.3) is 0 Å². The minimum absolute atomic E-state index is 0. The van der Waals surface area contributed by atoms with Gasteiger partial charge in [0.15, 0.2) is 140 Å². The molecule has 9 fully saturated rings. The molecule has 30 rings (SSSR count). The summed E-state index contributed by atoms with van der Waals surface area (Å²) in [4.78, 5) is 83.4. The number of rotatable bonds is 0. The van der Waals surface area contributed by atoms with E-state index in [1.807, 2.05) is 64.6 Å². The molecule has 12 bridgehead atoms. The molecule has 4 saturated carbocycles. The molecule has 10 unspecified atom stereocenters. The van der Waals surface area contributed by atoms with Gasteiger partial charge in [-0.05, 0) is 257 Å². The standard InChI is InChI=1S/2C17H19NO5.C17H19NO4.2C17H17NO4.C16H15NO4.CH3.H2O4S/c2*1-18-5-4-16-13-8-2-3-9(19)14(13)23-15(16)10(20)7-12(21)17(16,22)11(18)6-8;2*1-18-7-6-16-13-9-2-3-10(19)14(13)22-15(16)11(20)4-5-17(16,21)12(18)8-9;18-10-3-5-16-13-8-1-2-11(19)14(13)22-15(16)12(20)4-6-17(16,21)9(10)7-8;18-9-2-1-8-7-11-16(20)4-3-10(19)14-15(16,5-6-17-11)12(8)13(9)21-14;;1-5(2,3)4/h2*2-3,11-12,15,19,21-22H,4-7H2,1H3;2-3,12,15,19,21H,4-8H2,1H3;2-5,12,15,19,21H,6-8H2,1H3;1-2,4,6,9-10,15,19,21H,3,5,7,18H2;1-4,11,14,17-18,20H,5-7H2;1H3;(H2,1,2,3,4)/q;;;;;;+1;/p-2/t2*11-,12?,15?,16+,17+;2*12-,15?,16+,17-;9?,10?,15?,16-,17+;11-,14?,15+,16-;;/m111101../s1. The van der Waals surface area contributed by atoms with E-state index in [0.717, 1.165) is 99.2 Å². The topological polar surface area (TPSA) is 572 Å². The SMILES string of the molecule is CN1CC[C@]23c4c5ccc(O)c4OC2C(=O)C=C[C@@]3(O)[C@H]1C5.CN1CC[C@]23c4c5ccc(O)c4OC2C(=O)CC(O)[C@@]3(O)[C@H]1C5.CN1CC[C@]23c4c5ccc(O)c4OC2C(=O)CC(O)[C@@]3(O)[C@H]1C5.CN1CC[C@]23c4c5ccc(O)c4OC2C(=O)CC[C@@]3(O)[C@H]1C5.NC1CC[C@]23c4c5ccc(O)c4OC2C(=O)C=C[C@@]3(O)C1C5.O=C1C=C[C@@]2(O)[C@H]3Cc4ccc(O)c5c4[C@@]2(CCN3)C1O5.O=S(=O)([O-])[O-].[CH3+]. The summed E-state index contributed by atoms with van der Waals surface area (Å²) in [6, 6.07) is 20.1. The number of benzene rings is 6. The monoisotopic (exact) mass is 1930 g/mol. The predicted octanol–water partition coefficient (Wildman–Crippen LogP) is 0.544. The van der Waals surface area contributed by atoms with E-state index in [2.05, 4.69) is 24.9 Å². The molecule has 11 heterocycles. The predicted molar refractivity (Wildman–Crippen MR) is 483 cm³/mol. The van der Waals surface area contributed by atoms with E-state index < -0.39 is 125 Å². The first-order chi connectivity index (χ1) is 65.4. The van der Waals surface area contributed by atoms with Crippen molar-refractivity contribution in [2.45, 2.75) is 260 Å². The molecule has 5 saturated heterocycles. The Balaban J connectivity index is 0.0000000922. The van der Waals surface area contributed by atoms with Crippen LogP contribution in [0.5, 0.6) is 69.0 Å². The largest absolute Gasteiger partial charge is 0.759 e. The zero-order valence-corrected chi connectivity index (χ0v) is 77.5. The Morgan fingerprint density at radius 1 is 0.374 bits per heavy atom. The summed E-state index contributed by atoms with van der Waals surface area (Å²) in [6.45, 7) is 3.77. The normalized spacial score (nSPS) is 41.4. The van der Waals surface area contributed by atoms with Crippen LogP contribution in [0.3, 0.4) is 0 Å². The van der Waals surface area contributed by atoms with E-state index in [0.29, 0.717) is 131 Å². The molecule has 13 aliphatic carbocycles. The van der Waals surface area contributed by atoms with Gasteiger partial charge in [-0.2, -0.15) is 0 Å². The van der Waals surface area contributed by atoms with E-state index in [-0.39, 0.29) is 132 Å². The zero-order valence-electron chi connectivity index (χ0n) is 76.7. The Morgan fingerprint density at radius 3 is 1.11 bits per heavy atom. The molecule has 0 aromatic heterocycles. The number of carbonyl (C=O) groups is 6. The van der Waals surface area contributed by atoms with Crippen molar-refractivity contribution in [3.8, 4) is 69.0 Å². The highest BCUT2D eigenvalue weighted by Crippen LogP contribution is 2.72. The fourth-order valence-corrected chi connectivity index (χ4v) is 31.9. The van der Waals surface area contributed by atoms with Crippen molar-refractivity contribution in [3.05, 3.63) is 183 Å². The van der Waals surface area contributed by atoms with Gasteiger partial charge in [-0.15, -0.1) is 0 Å². The van der Waals surface area contributed by atoms with Gasteiger partial charge in [0.1, 0.15) is 28.0 Å². The van der Waals surface area contributed by atoms with Crippen LogP contribution < -0.4 is 39.5 Å². The molecule has 0 amide bonds. The average Bonchev–Trinajstić information content (AvgIpc) is 1.53. The molecule has 6 spiro atoms. The molecule has 37 heteroatoms. The number of nitrogens with one attached hydrogen (secondary N) is 1. The molecule has 17 N–H and O–H groups in total. The number of phenolic OH excluding ortho intramolecular Hbond substituents is 6. The first-order valence-corrected chi connectivity index (χ1v) is 48.8. The number of aromatic hydroxyl groups is 6. The lowest BCUT2D eigenvalue weighted by molar-refractivity contribution is -0.226. The van der Waals surface area contributed by atoms with Crippen molar-refractivity contribution < 1.29 is 146 Å². The van der Waals surface area contributed by atoms with Crippen LogP contribution >= 0.6 is 0 Å². The van der Waals surface area contributed by atoms with Gasteiger partial charge in [0.25, 0.3) is 0 Å². The number of Topliss-reactive ketones (excluding diaryl/α,β-unsaturated/α-hetero) is 3. The Kier molecular flexibility index (Phi) is 19.7. The van der Waals surface area contributed by atoms with Gasteiger partial charge in [-0.3, -0.25) is 42.1 Å². The summed E-state index contributed by atoms with van der Waals surface area (Å²) in [5, 5.41) is 155. The van der Waals surface area contributed by atoms with E-state index in [1.165, 1.54) is 18.2 Å². The summed E-state index contributed by atoms with van der Waals surface area (Å²) >= 11 is 0. The summed E-state index contributed by atoms with van der Waals surface area (Å²) < 4.78 is 69.4. The fourth-order valence-electron chi connectivity index (χ4n) is 31.9. The molecule has 36 nitrogen and oxygen atoms in total. The number of aliphatic hydroxyl groups is 8. The number of likely N-dealkylation sites (N-methyl/N-ethyl adjacent to an activating group) is 4. The van der Waals surface area contributed by atoms with Crippen molar-refractivity contribution in [3.63, 3.8) is 0 Å². The maximum Gasteiger partial charge on any atom is 0.196 e. The third-order valence-electron chi connectivity index (χ3n) is 37.7. The smallest absolute Gasteiger partial charge is 0.196 e. The van der Waals surface area contributed by atoms with Crippen LogP contribution in [0.15, 0.2) is 109 Å². The Bertz CT molecular complexity index is 6410. The number of carbonyl (C=O) groups excluding carboxylic acids is 6. The second-order valence-corrected chi connectivity index (χ2v) is 43.6.